The predicted molar refractivity (Wildman–Crippen MR) is 216 cm³/mol. The lowest BCUT2D eigenvalue weighted by Gasteiger charge is -2.42. The number of ether oxygens (including phenoxy) is 3. The molecule has 55 heavy (non-hydrogen) atoms. The van der Waals surface area contributed by atoms with E-state index in [9.17, 15) is 9.90 Å². The number of para-hydroxylation sites is 1. The van der Waals surface area contributed by atoms with Crippen molar-refractivity contribution in [3.63, 3.8) is 0 Å². The van der Waals surface area contributed by atoms with Crippen LogP contribution in [0.3, 0.4) is 0 Å². The molecular formula is C47H47N3O5. The van der Waals surface area contributed by atoms with Gasteiger partial charge in [0, 0.05) is 36.8 Å². The number of amides is 2. The fourth-order valence-electron chi connectivity index (χ4n) is 6.88. The summed E-state index contributed by atoms with van der Waals surface area (Å²) in [6.45, 7) is 4.13. The molecule has 7 rings (SSSR count). The van der Waals surface area contributed by atoms with E-state index in [1.54, 1.807) is 0 Å². The number of aliphatic hydroxyl groups excluding tert-OH is 1. The maximum atomic E-state index is 12.7. The van der Waals surface area contributed by atoms with Gasteiger partial charge in [-0.15, -0.1) is 0 Å². The van der Waals surface area contributed by atoms with Gasteiger partial charge < -0.3 is 30.0 Å². The summed E-state index contributed by atoms with van der Waals surface area (Å²) < 4.78 is 19.3. The van der Waals surface area contributed by atoms with E-state index in [1.165, 1.54) is 5.56 Å². The van der Waals surface area contributed by atoms with Gasteiger partial charge in [-0.1, -0.05) is 122 Å². The van der Waals surface area contributed by atoms with Crippen LogP contribution < -0.4 is 15.4 Å². The number of rotatable bonds is 13. The maximum absolute atomic E-state index is 12.7. The Kier molecular flexibility index (Phi) is 12.3. The SMILES string of the molecule is C[C@H]1[C@@H](CN(C)Cc2ccccc2)O[C@@H](c2ccc(-c3cccc(CNC(=O)Nc4ccc(Oc5ccccc5)cc4)c3)cc2)O[C@H]1c1ccc(CO)cc1. The molecule has 1 fully saturated rings. The van der Waals surface area contributed by atoms with Crippen LogP contribution in [0, 0.1) is 5.92 Å². The zero-order valence-electron chi connectivity index (χ0n) is 31.2. The molecule has 4 atom stereocenters. The molecule has 1 heterocycles. The summed E-state index contributed by atoms with van der Waals surface area (Å²) in [5, 5.41) is 15.5. The smallest absolute Gasteiger partial charge is 0.319 e. The van der Waals surface area contributed by atoms with Crippen molar-refractivity contribution in [2.45, 2.75) is 45.1 Å². The monoisotopic (exact) mass is 733 g/mol. The predicted octanol–water partition coefficient (Wildman–Crippen LogP) is 9.88. The molecule has 0 spiro atoms. The van der Waals surface area contributed by atoms with Crippen molar-refractivity contribution in [2.24, 2.45) is 5.92 Å². The molecule has 0 unspecified atom stereocenters. The van der Waals surface area contributed by atoms with E-state index < -0.39 is 6.29 Å². The topological polar surface area (TPSA) is 92.3 Å². The van der Waals surface area contributed by atoms with E-state index in [4.69, 9.17) is 14.2 Å². The molecule has 0 bridgehead atoms. The highest BCUT2D eigenvalue weighted by Crippen LogP contribution is 2.42. The Balaban J connectivity index is 0.988. The minimum atomic E-state index is -0.551. The molecule has 1 saturated heterocycles. The molecule has 0 radical (unpaired) electrons. The highest BCUT2D eigenvalue weighted by molar-refractivity contribution is 5.89. The molecule has 6 aromatic carbocycles. The molecule has 0 aliphatic carbocycles. The summed E-state index contributed by atoms with van der Waals surface area (Å²) in [5.74, 6) is 1.53. The van der Waals surface area contributed by atoms with Crippen LogP contribution in [0.2, 0.25) is 0 Å². The van der Waals surface area contributed by atoms with Crippen molar-refractivity contribution in [3.8, 4) is 22.6 Å². The van der Waals surface area contributed by atoms with Crippen LogP contribution in [-0.4, -0.2) is 35.7 Å². The van der Waals surface area contributed by atoms with Crippen LogP contribution >= 0.6 is 0 Å². The van der Waals surface area contributed by atoms with Gasteiger partial charge in [-0.05, 0) is 82.9 Å². The zero-order valence-corrected chi connectivity index (χ0v) is 31.2. The standard InChI is InChI=1S/C47H47N3O5/c1-33-44(31-50(2)30-34-10-5-3-6-11-34)54-46(55-45(33)38-18-16-35(32-51)17-19-38)39-22-20-37(21-23-39)40-13-9-12-36(28-40)29-48-47(52)49-41-24-26-43(27-25-41)53-42-14-7-4-8-15-42/h3-28,33,44-46,51H,29-32H2,1-2H3,(H2,48,49,52)/t33-,44+,45+,46+/m0/s1. The Hall–Kier alpha value is -5.77. The first kappa shape index (κ1) is 37.5. The second kappa shape index (κ2) is 18.0. The summed E-state index contributed by atoms with van der Waals surface area (Å²) in [7, 11) is 2.13. The number of aliphatic hydroxyl groups is 1. The largest absolute Gasteiger partial charge is 0.457 e. The van der Waals surface area contributed by atoms with E-state index in [0.29, 0.717) is 18.0 Å². The van der Waals surface area contributed by atoms with Crippen molar-refractivity contribution >= 4 is 11.7 Å². The van der Waals surface area contributed by atoms with Crippen LogP contribution in [0.25, 0.3) is 11.1 Å². The van der Waals surface area contributed by atoms with E-state index in [0.717, 1.165) is 52.2 Å². The highest BCUT2D eigenvalue weighted by atomic mass is 16.7. The average Bonchev–Trinajstić information content (AvgIpc) is 3.22. The first-order chi connectivity index (χ1) is 26.9. The van der Waals surface area contributed by atoms with Crippen molar-refractivity contribution in [1.82, 2.24) is 10.2 Å². The van der Waals surface area contributed by atoms with Gasteiger partial charge in [0.25, 0.3) is 0 Å². The number of benzene rings is 6. The summed E-state index contributed by atoms with van der Waals surface area (Å²) >= 11 is 0. The van der Waals surface area contributed by atoms with Crippen molar-refractivity contribution in [1.29, 1.82) is 0 Å². The molecule has 8 nitrogen and oxygen atoms in total. The van der Waals surface area contributed by atoms with Crippen LogP contribution in [0.1, 0.15) is 47.1 Å². The molecule has 2 amide bonds. The third-order valence-electron chi connectivity index (χ3n) is 9.90. The Morgan fingerprint density at radius 2 is 1.35 bits per heavy atom. The maximum Gasteiger partial charge on any atom is 0.319 e. The fraction of sp³-hybridized carbons (Fsp3) is 0.213. The van der Waals surface area contributed by atoms with Crippen LogP contribution in [0.5, 0.6) is 11.5 Å². The van der Waals surface area contributed by atoms with Crippen LogP contribution in [0.15, 0.2) is 158 Å². The Morgan fingerprint density at radius 3 is 2.05 bits per heavy atom. The molecule has 280 valence electrons. The quantitative estimate of drug-likeness (QED) is 0.110. The molecule has 6 aromatic rings. The number of hydrogen-bond donors (Lipinski definition) is 3. The molecule has 1 aliphatic heterocycles. The molecule has 3 N–H and O–H groups in total. The van der Waals surface area contributed by atoms with Crippen molar-refractivity contribution in [2.75, 3.05) is 18.9 Å². The first-order valence-corrected chi connectivity index (χ1v) is 18.7. The molecular weight excluding hydrogens is 687 g/mol. The van der Waals surface area contributed by atoms with Gasteiger partial charge in [0.2, 0.25) is 0 Å². The number of anilines is 1. The number of carbonyl (C=O) groups is 1. The number of hydrogen-bond acceptors (Lipinski definition) is 6. The van der Waals surface area contributed by atoms with Crippen molar-refractivity contribution < 1.29 is 24.1 Å². The van der Waals surface area contributed by atoms with Crippen molar-refractivity contribution in [3.05, 3.63) is 186 Å². The van der Waals surface area contributed by atoms with Gasteiger partial charge in [0.05, 0.1) is 18.8 Å². The average molecular weight is 734 g/mol. The second-order valence-corrected chi connectivity index (χ2v) is 14.1. The normalized spacial score (nSPS) is 18.1. The third kappa shape index (κ3) is 10.1. The summed E-state index contributed by atoms with van der Waals surface area (Å²) in [6, 6.07) is 51.5. The van der Waals surface area contributed by atoms with Gasteiger partial charge >= 0.3 is 6.03 Å². The first-order valence-electron chi connectivity index (χ1n) is 18.7. The lowest BCUT2D eigenvalue weighted by atomic mass is 9.90. The summed E-state index contributed by atoms with van der Waals surface area (Å²) in [4.78, 5) is 15.0. The summed E-state index contributed by atoms with van der Waals surface area (Å²) in [5.41, 5.74) is 7.88. The molecule has 1 aliphatic rings. The minimum Gasteiger partial charge on any atom is -0.457 e. The Labute approximate surface area is 323 Å². The van der Waals surface area contributed by atoms with Gasteiger partial charge in [-0.25, -0.2) is 4.79 Å². The summed E-state index contributed by atoms with van der Waals surface area (Å²) in [6.07, 6.45) is -0.815. The van der Waals surface area contributed by atoms with E-state index in [1.807, 2.05) is 97.1 Å². The van der Waals surface area contributed by atoms with E-state index in [2.05, 4.69) is 90.2 Å². The van der Waals surface area contributed by atoms with E-state index >= 15 is 0 Å². The third-order valence-corrected chi connectivity index (χ3v) is 9.90. The Morgan fingerprint density at radius 1 is 0.691 bits per heavy atom. The highest BCUT2D eigenvalue weighted by Gasteiger charge is 2.38. The molecule has 8 heteroatoms. The van der Waals surface area contributed by atoms with Gasteiger partial charge in [-0.2, -0.15) is 0 Å². The van der Waals surface area contributed by atoms with Gasteiger partial charge in [0.1, 0.15) is 11.5 Å². The number of nitrogens with one attached hydrogen (secondary N) is 2. The number of nitrogens with zero attached hydrogens (tertiary/aromatic N) is 1. The number of carbonyl (C=O) groups excluding carboxylic acids is 1. The zero-order chi connectivity index (χ0) is 38.0. The number of likely N-dealkylation sites (N-methyl/N-ethyl adjacent to an activating group) is 1. The molecule has 0 aromatic heterocycles. The van der Waals surface area contributed by atoms with Gasteiger partial charge in [-0.3, -0.25) is 4.90 Å². The van der Waals surface area contributed by atoms with Crippen LogP contribution in [-0.2, 0) is 29.2 Å². The fourth-order valence-corrected chi connectivity index (χ4v) is 6.88. The van der Waals surface area contributed by atoms with Crippen LogP contribution in [0.4, 0.5) is 10.5 Å². The lowest BCUT2D eigenvalue weighted by Crippen LogP contribution is -2.43. The van der Waals surface area contributed by atoms with E-state index in [-0.39, 0.29) is 30.8 Å². The minimum absolute atomic E-state index is 0.00269. The lowest BCUT2D eigenvalue weighted by molar-refractivity contribution is -0.276. The van der Waals surface area contributed by atoms with Gasteiger partial charge in [0.15, 0.2) is 6.29 Å². The molecule has 0 saturated carbocycles. The second-order valence-electron chi connectivity index (χ2n) is 14.1. The Bertz CT molecular complexity index is 2110. The number of urea groups is 1.